The molecule has 6 heteroatoms. The van der Waals surface area contributed by atoms with Gasteiger partial charge in [0.15, 0.2) is 5.82 Å². The number of hydrogen-bond acceptors (Lipinski definition) is 5. The number of anilines is 1. The molecule has 0 aliphatic carbocycles. The van der Waals surface area contributed by atoms with E-state index in [0.29, 0.717) is 6.61 Å². The van der Waals surface area contributed by atoms with Crippen LogP contribution in [-0.4, -0.2) is 52.1 Å². The number of aliphatic hydroxyl groups excluding tert-OH is 1. The lowest BCUT2D eigenvalue weighted by Gasteiger charge is -2.32. The summed E-state index contributed by atoms with van der Waals surface area (Å²) in [5, 5.41) is 13.0. The van der Waals surface area contributed by atoms with Crippen LogP contribution >= 0.6 is 0 Å². The molecule has 0 atom stereocenters. The number of aliphatic hydroxyl groups is 1. The number of hydrogen-bond donors (Lipinski definition) is 1. The van der Waals surface area contributed by atoms with E-state index in [1.54, 1.807) is 12.4 Å². The molecule has 1 aliphatic heterocycles. The number of fused-ring (bicyclic) bond motifs is 1. The van der Waals surface area contributed by atoms with Crippen LogP contribution in [0.1, 0.15) is 12.8 Å². The lowest BCUT2D eigenvalue weighted by atomic mass is 10.1. The first-order chi connectivity index (χ1) is 9.38. The van der Waals surface area contributed by atoms with Gasteiger partial charge in [-0.05, 0) is 18.9 Å². The molecule has 1 fully saturated rings. The van der Waals surface area contributed by atoms with Gasteiger partial charge in [-0.25, -0.2) is 9.50 Å². The SMILES string of the molecule is OCCOC1CCN(c2nccn3nccc23)CC1. The number of rotatable bonds is 4. The maximum Gasteiger partial charge on any atom is 0.154 e. The van der Waals surface area contributed by atoms with E-state index in [0.717, 1.165) is 37.3 Å². The van der Waals surface area contributed by atoms with Gasteiger partial charge in [-0.1, -0.05) is 0 Å². The van der Waals surface area contributed by atoms with E-state index in [1.807, 2.05) is 16.8 Å². The normalized spacial score (nSPS) is 17.2. The third kappa shape index (κ3) is 2.54. The van der Waals surface area contributed by atoms with Crippen molar-refractivity contribution in [2.75, 3.05) is 31.2 Å². The quantitative estimate of drug-likeness (QED) is 0.879. The number of nitrogens with zero attached hydrogens (tertiary/aromatic N) is 4. The second kappa shape index (κ2) is 5.54. The Kier molecular flexibility index (Phi) is 3.61. The fourth-order valence-electron chi connectivity index (χ4n) is 2.54. The van der Waals surface area contributed by atoms with Gasteiger partial charge in [0.05, 0.1) is 25.5 Å². The summed E-state index contributed by atoms with van der Waals surface area (Å²) >= 11 is 0. The minimum absolute atomic E-state index is 0.0941. The molecule has 0 saturated carbocycles. The average molecular weight is 262 g/mol. The van der Waals surface area contributed by atoms with Crippen molar-refractivity contribution in [2.45, 2.75) is 18.9 Å². The van der Waals surface area contributed by atoms with E-state index in [1.165, 1.54) is 0 Å². The van der Waals surface area contributed by atoms with E-state index in [4.69, 9.17) is 9.84 Å². The van der Waals surface area contributed by atoms with Crippen LogP contribution in [0.25, 0.3) is 5.52 Å². The van der Waals surface area contributed by atoms with Gasteiger partial charge < -0.3 is 14.7 Å². The van der Waals surface area contributed by atoms with E-state index >= 15 is 0 Å². The lowest BCUT2D eigenvalue weighted by Crippen LogP contribution is -2.38. The van der Waals surface area contributed by atoms with Gasteiger partial charge in [-0.3, -0.25) is 0 Å². The largest absolute Gasteiger partial charge is 0.394 e. The Hall–Kier alpha value is -1.66. The van der Waals surface area contributed by atoms with Crippen LogP contribution in [0.3, 0.4) is 0 Å². The Balaban J connectivity index is 1.69. The van der Waals surface area contributed by atoms with Crippen molar-refractivity contribution in [2.24, 2.45) is 0 Å². The van der Waals surface area contributed by atoms with Gasteiger partial charge in [0.25, 0.3) is 0 Å². The molecule has 0 radical (unpaired) electrons. The molecule has 1 N–H and O–H groups in total. The summed E-state index contributed by atoms with van der Waals surface area (Å²) in [6.07, 6.45) is 7.62. The number of aromatic nitrogens is 3. The highest BCUT2D eigenvalue weighted by atomic mass is 16.5. The molecule has 19 heavy (non-hydrogen) atoms. The molecule has 0 aromatic carbocycles. The topological polar surface area (TPSA) is 62.9 Å². The molecule has 0 unspecified atom stereocenters. The second-order valence-corrected chi connectivity index (χ2v) is 4.69. The highest BCUT2D eigenvalue weighted by molar-refractivity contribution is 5.68. The van der Waals surface area contributed by atoms with Crippen LogP contribution in [0.4, 0.5) is 5.82 Å². The minimum atomic E-state index is 0.0941. The molecular formula is C13H18N4O2. The Bertz CT molecular complexity index is 534. The molecular weight excluding hydrogens is 244 g/mol. The highest BCUT2D eigenvalue weighted by Crippen LogP contribution is 2.23. The standard InChI is InChI=1S/C13H18N4O2/c18-9-10-19-11-2-6-16(7-3-11)13-12-1-4-15-17(12)8-5-14-13/h1,4-5,8,11,18H,2-3,6-7,9-10H2. The fourth-order valence-corrected chi connectivity index (χ4v) is 2.54. The summed E-state index contributed by atoms with van der Waals surface area (Å²) in [5.41, 5.74) is 1.04. The Morgan fingerprint density at radius 2 is 2.16 bits per heavy atom. The first-order valence-electron chi connectivity index (χ1n) is 6.64. The lowest BCUT2D eigenvalue weighted by molar-refractivity contribution is 0.0158. The van der Waals surface area contributed by atoms with Crippen LogP contribution in [0.2, 0.25) is 0 Å². The maximum atomic E-state index is 8.77. The van der Waals surface area contributed by atoms with E-state index in [2.05, 4.69) is 15.0 Å². The van der Waals surface area contributed by atoms with E-state index < -0.39 is 0 Å². The monoisotopic (exact) mass is 262 g/mol. The molecule has 2 aromatic rings. The van der Waals surface area contributed by atoms with Crippen LogP contribution in [0.5, 0.6) is 0 Å². The molecule has 0 spiro atoms. The van der Waals surface area contributed by atoms with Crippen LogP contribution < -0.4 is 4.90 Å². The molecule has 3 heterocycles. The molecule has 6 nitrogen and oxygen atoms in total. The molecule has 2 aromatic heterocycles. The first-order valence-corrected chi connectivity index (χ1v) is 6.64. The van der Waals surface area contributed by atoms with Crippen molar-refractivity contribution < 1.29 is 9.84 Å². The van der Waals surface area contributed by atoms with Crippen molar-refractivity contribution >= 4 is 11.3 Å². The molecule has 3 rings (SSSR count). The Labute approximate surface area is 111 Å². The summed E-state index contributed by atoms with van der Waals surface area (Å²) < 4.78 is 7.42. The molecule has 102 valence electrons. The van der Waals surface area contributed by atoms with Crippen molar-refractivity contribution in [1.82, 2.24) is 14.6 Å². The molecule has 0 bridgehead atoms. The highest BCUT2D eigenvalue weighted by Gasteiger charge is 2.21. The fraction of sp³-hybridized carbons (Fsp3) is 0.538. The maximum absolute atomic E-state index is 8.77. The van der Waals surface area contributed by atoms with Crippen LogP contribution in [0, 0.1) is 0 Å². The van der Waals surface area contributed by atoms with E-state index in [-0.39, 0.29) is 12.7 Å². The van der Waals surface area contributed by atoms with Gasteiger partial charge >= 0.3 is 0 Å². The zero-order valence-electron chi connectivity index (χ0n) is 10.8. The molecule has 0 amide bonds. The van der Waals surface area contributed by atoms with E-state index in [9.17, 15) is 0 Å². The smallest absolute Gasteiger partial charge is 0.154 e. The van der Waals surface area contributed by atoms with Crippen molar-refractivity contribution in [3.63, 3.8) is 0 Å². The van der Waals surface area contributed by atoms with Crippen molar-refractivity contribution in [1.29, 1.82) is 0 Å². The summed E-state index contributed by atoms with van der Waals surface area (Å²) in [6.45, 7) is 2.37. The molecule has 1 saturated heterocycles. The Morgan fingerprint density at radius 3 is 2.95 bits per heavy atom. The van der Waals surface area contributed by atoms with Crippen LogP contribution in [0.15, 0.2) is 24.7 Å². The minimum Gasteiger partial charge on any atom is -0.394 e. The summed E-state index contributed by atoms with van der Waals surface area (Å²) in [6, 6.07) is 1.98. The second-order valence-electron chi connectivity index (χ2n) is 4.69. The van der Waals surface area contributed by atoms with Gasteiger partial charge in [-0.15, -0.1) is 0 Å². The summed E-state index contributed by atoms with van der Waals surface area (Å²) in [7, 11) is 0. The summed E-state index contributed by atoms with van der Waals surface area (Å²) in [4.78, 5) is 6.75. The van der Waals surface area contributed by atoms with Gasteiger partial charge in [0, 0.05) is 25.5 Å². The third-order valence-electron chi connectivity index (χ3n) is 3.49. The van der Waals surface area contributed by atoms with Gasteiger partial charge in [0.1, 0.15) is 5.52 Å². The zero-order chi connectivity index (χ0) is 13.1. The Morgan fingerprint density at radius 1 is 1.32 bits per heavy atom. The first kappa shape index (κ1) is 12.4. The number of ether oxygens (including phenoxy) is 1. The zero-order valence-corrected chi connectivity index (χ0v) is 10.8. The van der Waals surface area contributed by atoms with Crippen molar-refractivity contribution in [3.8, 4) is 0 Å². The third-order valence-corrected chi connectivity index (χ3v) is 3.49. The van der Waals surface area contributed by atoms with Gasteiger partial charge in [0.2, 0.25) is 0 Å². The van der Waals surface area contributed by atoms with Crippen molar-refractivity contribution in [3.05, 3.63) is 24.7 Å². The molecule has 1 aliphatic rings. The average Bonchev–Trinajstić information content (AvgIpc) is 2.94. The predicted molar refractivity (Wildman–Crippen MR) is 71.3 cm³/mol. The van der Waals surface area contributed by atoms with Crippen LogP contribution in [-0.2, 0) is 4.74 Å². The van der Waals surface area contributed by atoms with Gasteiger partial charge in [-0.2, -0.15) is 5.10 Å². The number of piperidine rings is 1. The summed E-state index contributed by atoms with van der Waals surface area (Å²) in [5.74, 6) is 0.987. The predicted octanol–water partition coefficient (Wildman–Crippen LogP) is 0.707.